The first kappa shape index (κ1) is 14.6. The Morgan fingerprint density at radius 1 is 1.37 bits per heavy atom. The summed E-state index contributed by atoms with van der Waals surface area (Å²) in [5.74, 6) is -0.732. The second-order valence-corrected chi connectivity index (χ2v) is 5.89. The molecular weight excluding hydrogens is 288 g/mol. The molecule has 1 N–H and O–H groups in total. The zero-order valence-electron chi connectivity index (χ0n) is 10.5. The van der Waals surface area contributed by atoms with Gasteiger partial charge in [0.2, 0.25) is 0 Å². The predicted molar refractivity (Wildman–Crippen MR) is 75.3 cm³/mol. The number of hydrogen-bond acceptors (Lipinski definition) is 1. The molecule has 5 heteroatoms. The van der Waals surface area contributed by atoms with Gasteiger partial charge in [0.1, 0.15) is 5.82 Å². The summed E-state index contributed by atoms with van der Waals surface area (Å²) < 4.78 is 13.5. The van der Waals surface area contributed by atoms with E-state index in [9.17, 15) is 9.18 Å². The van der Waals surface area contributed by atoms with Crippen LogP contribution in [0.25, 0.3) is 0 Å². The largest absolute Gasteiger partial charge is 0.352 e. The highest BCUT2D eigenvalue weighted by molar-refractivity contribution is 6.31. The van der Waals surface area contributed by atoms with Gasteiger partial charge in [-0.15, -0.1) is 11.6 Å². The first-order valence-electron chi connectivity index (χ1n) is 6.45. The molecule has 1 saturated carbocycles. The third-order valence-corrected chi connectivity index (χ3v) is 4.32. The average molecular weight is 304 g/mol. The summed E-state index contributed by atoms with van der Waals surface area (Å²) in [6, 6.07) is 3.96. The van der Waals surface area contributed by atoms with Gasteiger partial charge < -0.3 is 5.32 Å². The van der Waals surface area contributed by atoms with E-state index in [0.717, 1.165) is 25.7 Å². The van der Waals surface area contributed by atoms with Crippen molar-refractivity contribution in [1.29, 1.82) is 0 Å². The van der Waals surface area contributed by atoms with Gasteiger partial charge in [0.25, 0.3) is 5.91 Å². The second kappa shape index (κ2) is 6.58. The van der Waals surface area contributed by atoms with Crippen LogP contribution in [-0.4, -0.2) is 17.8 Å². The van der Waals surface area contributed by atoms with Gasteiger partial charge >= 0.3 is 0 Å². The number of amides is 1. The number of halogens is 3. The Kier molecular flexibility index (Phi) is 5.06. The van der Waals surface area contributed by atoms with E-state index in [2.05, 4.69) is 5.32 Å². The van der Waals surface area contributed by atoms with Crippen molar-refractivity contribution in [2.75, 3.05) is 6.54 Å². The fourth-order valence-corrected chi connectivity index (χ4v) is 2.92. The molecule has 0 aliphatic heterocycles. The summed E-state index contributed by atoms with van der Waals surface area (Å²) in [5.41, 5.74) is -0.0190. The third kappa shape index (κ3) is 3.83. The van der Waals surface area contributed by atoms with Crippen molar-refractivity contribution >= 4 is 29.1 Å². The lowest BCUT2D eigenvalue weighted by Crippen LogP contribution is -2.35. The number of carbonyl (C=O) groups is 1. The zero-order valence-corrected chi connectivity index (χ0v) is 12.0. The molecule has 1 fully saturated rings. The highest BCUT2D eigenvalue weighted by atomic mass is 35.5. The molecule has 0 aromatic heterocycles. The van der Waals surface area contributed by atoms with E-state index in [1.165, 1.54) is 18.2 Å². The summed E-state index contributed by atoms with van der Waals surface area (Å²) in [6.07, 6.45) is 4.26. The number of nitrogens with one attached hydrogen (secondary N) is 1. The summed E-state index contributed by atoms with van der Waals surface area (Å²) >= 11 is 12.0. The molecule has 104 valence electrons. The van der Waals surface area contributed by atoms with Gasteiger partial charge in [-0.25, -0.2) is 4.39 Å². The van der Waals surface area contributed by atoms with Crippen LogP contribution in [0.2, 0.25) is 5.02 Å². The van der Waals surface area contributed by atoms with E-state index >= 15 is 0 Å². The van der Waals surface area contributed by atoms with Crippen LogP contribution in [0.3, 0.4) is 0 Å². The Morgan fingerprint density at radius 2 is 2.11 bits per heavy atom. The summed E-state index contributed by atoms with van der Waals surface area (Å²) in [6.45, 7) is 0.485. The van der Waals surface area contributed by atoms with Gasteiger partial charge in [-0.05, 0) is 37.0 Å². The first-order valence-corrected chi connectivity index (χ1v) is 7.26. The van der Waals surface area contributed by atoms with Gasteiger partial charge in [-0.3, -0.25) is 4.79 Å². The number of carbonyl (C=O) groups excluding carboxylic acids is 1. The number of alkyl halides is 1. The summed E-state index contributed by atoms with van der Waals surface area (Å²) in [7, 11) is 0. The highest BCUT2D eigenvalue weighted by Crippen LogP contribution is 2.28. The molecule has 0 bridgehead atoms. The van der Waals surface area contributed by atoms with E-state index in [0.29, 0.717) is 11.6 Å². The zero-order chi connectivity index (χ0) is 13.8. The van der Waals surface area contributed by atoms with Crippen molar-refractivity contribution in [2.45, 2.75) is 31.1 Å². The Labute approximate surface area is 122 Å². The fraction of sp³-hybridized carbons (Fsp3) is 0.500. The van der Waals surface area contributed by atoms with E-state index in [-0.39, 0.29) is 16.9 Å². The minimum absolute atomic E-state index is 0.0190. The molecule has 1 aliphatic carbocycles. The molecule has 1 amide bonds. The van der Waals surface area contributed by atoms with Gasteiger partial charge in [0.05, 0.1) is 5.56 Å². The Bertz CT molecular complexity index is 467. The smallest absolute Gasteiger partial charge is 0.254 e. The van der Waals surface area contributed by atoms with Gasteiger partial charge in [0.15, 0.2) is 0 Å². The van der Waals surface area contributed by atoms with Crippen molar-refractivity contribution in [3.63, 3.8) is 0 Å². The molecule has 0 heterocycles. The quantitative estimate of drug-likeness (QED) is 0.840. The van der Waals surface area contributed by atoms with Crippen LogP contribution in [0, 0.1) is 11.7 Å². The van der Waals surface area contributed by atoms with Gasteiger partial charge in [-0.1, -0.05) is 24.4 Å². The van der Waals surface area contributed by atoms with Crippen molar-refractivity contribution in [3.05, 3.63) is 34.6 Å². The van der Waals surface area contributed by atoms with Crippen molar-refractivity contribution in [3.8, 4) is 0 Å². The fourth-order valence-electron chi connectivity index (χ4n) is 2.38. The average Bonchev–Trinajstić information content (AvgIpc) is 2.40. The maximum Gasteiger partial charge on any atom is 0.254 e. The van der Waals surface area contributed by atoms with E-state index in [1.54, 1.807) is 0 Å². The number of benzene rings is 1. The minimum atomic E-state index is -0.562. The maximum absolute atomic E-state index is 13.5. The summed E-state index contributed by atoms with van der Waals surface area (Å²) in [4.78, 5) is 11.9. The molecule has 2 atom stereocenters. The lowest BCUT2D eigenvalue weighted by molar-refractivity contribution is 0.0940. The van der Waals surface area contributed by atoms with Crippen molar-refractivity contribution in [2.24, 2.45) is 5.92 Å². The molecule has 2 rings (SSSR count). The van der Waals surface area contributed by atoms with Gasteiger partial charge in [-0.2, -0.15) is 0 Å². The van der Waals surface area contributed by atoms with Crippen LogP contribution in [0.4, 0.5) is 4.39 Å². The normalized spacial score (nSPS) is 23.1. The first-order chi connectivity index (χ1) is 9.08. The monoisotopic (exact) mass is 303 g/mol. The number of hydrogen-bond donors (Lipinski definition) is 1. The van der Waals surface area contributed by atoms with Gasteiger partial charge in [0, 0.05) is 16.9 Å². The minimum Gasteiger partial charge on any atom is -0.352 e. The lowest BCUT2D eigenvalue weighted by Gasteiger charge is -2.27. The van der Waals surface area contributed by atoms with Crippen LogP contribution in [0.1, 0.15) is 36.0 Å². The third-order valence-electron chi connectivity index (χ3n) is 3.51. The SMILES string of the molecule is O=C(NCC1CCCCC1Cl)c1cc(Cl)ccc1F. The molecule has 0 saturated heterocycles. The topological polar surface area (TPSA) is 29.1 Å². The van der Waals surface area contributed by atoms with E-state index in [1.807, 2.05) is 0 Å². The molecule has 2 nitrogen and oxygen atoms in total. The van der Waals surface area contributed by atoms with Crippen LogP contribution >= 0.6 is 23.2 Å². The molecule has 19 heavy (non-hydrogen) atoms. The Hall–Kier alpha value is -0.800. The molecule has 0 spiro atoms. The molecular formula is C14H16Cl2FNO. The molecule has 1 aliphatic rings. The standard InChI is InChI=1S/C14H16Cl2FNO/c15-10-5-6-13(17)11(7-10)14(19)18-8-9-3-1-2-4-12(9)16/h5-7,9,12H,1-4,8H2,(H,18,19). The van der Waals surface area contributed by atoms with E-state index < -0.39 is 11.7 Å². The van der Waals surface area contributed by atoms with Crippen molar-refractivity contribution in [1.82, 2.24) is 5.32 Å². The lowest BCUT2D eigenvalue weighted by atomic mass is 9.88. The van der Waals surface area contributed by atoms with Crippen LogP contribution in [0.5, 0.6) is 0 Å². The second-order valence-electron chi connectivity index (χ2n) is 4.89. The Morgan fingerprint density at radius 3 is 2.84 bits per heavy atom. The predicted octanol–water partition coefficient (Wildman–Crippen LogP) is 4.01. The molecule has 1 aromatic rings. The van der Waals surface area contributed by atoms with E-state index in [4.69, 9.17) is 23.2 Å². The summed E-state index contributed by atoms with van der Waals surface area (Å²) in [5, 5.41) is 3.19. The number of rotatable bonds is 3. The van der Waals surface area contributed by atoms with Crippen LogP contribution in [0.15, 0.2) is 18.2 Å². The molecule has 0 radical (unpaired) electrons. The van der Waals surface area contributed by atoms with Crippen LogP contribution in [-0.2, 0) is 0 Å². The van der Waals surface area contributed by atoms with Crippen molar-refractivity contribution < 1.29 is 9.18 Å². The van der Waals surface area contributed by atoms with Crippen LogP contribution < -0.4 is 5.32 Å². The maximum atomic E-state index is 13.5. The molecule has 2 unspecified atom stereocenters. The molecule has 1 aromatic carbocycles. The highest BCUT2D eigenvalue weighted by Gasteiger charge is 2.24. The Balaban J connectivity index is 1.95.